The highest BCUT2D eigenvalue weighted by Crippen LogP contribution is 2.42. The summed E-state index contributed by atoms with van der Waals surface area (Å²) in [5, 5.41) is 0.489. The van der Waals surface area contributed by atoms with Gasteiger partial charge in [0, 0.05) is 15.8 Å². The van der Waals surface area contributed by atoms with Crippen LogP contribution < -0.4 is 4.74 Å². The zero-order valence-electron chi connectivity index (χ0n) is 7.97. The number of ether oxygens (including phenoxy) is 1. The van der Waals surface area contributed by atoms with Gasteiger partial charge in [0.25, 0.3) is 0 Å². The molecule has 0 saturated heterocycles. The van der Waals surface area contributed by atoms with Crippen molar-refractivity contribution < 1.29 is 9.53 Å². The number of rotatable bonds is 1. The Morgan fingerprint density at radius 1 is 1.60 bits per heavy atom. The van der Waals surface area contributed by atoms with Gasteiger partial charge in [0.05, 0.1) is 17.2 Å². The normalized spacial score (nSPS) is 14.7. The minimum atomic E-state index is 0.101. The Kier molecular flexibility index (Phi) is 3.28. The van der Waals surface area contributed by atoms with Crippen LogP contribution in [-0.2, 0) is 0 Å². The first kappa shape index (κ1) is 11.3. The average Bonchev–Trinajstić information content (AvgIpc) is 2.20. The highest BCUT2D eigenvalue weighted by atomic mass is 79.9. The Morgan fingerprint density at radius 3 is 3.00 bits per heavy atom. The molecule has 0 atom stereocenters. The third-order valence-corrected chi connectivity index (χ3v) is 4.20. The molecule has 0 bridgehead atoms. The largest absolute Gasteiger partial charge is 0.491 e. The van der Waals surface area contributed by atoms with Crippen molar-refractivity contribution in [2.75, 3.05) is 12.9 Å². The summed E-state index contributed by atoms with van der Waals surface area (Å²) in [6.07, 6.45) is 2.35. The molecule has 0 saturated carbocycles. The fourth-order valence-electron chi connectivity index (χ4n) is 1.55. The molecule has 80 valence electrons. The topological polar surface area (TPSA) is 26.3 Å². The maximum atomic E-state index is 11.8. The number of benzene rings is 1. The highest BCUT2D eigenvalue weighted by Gasteiger charge is 2.26. The van der Waals surface area contributed by atoms with Crippen molar-refractivity contribution >= 4 is 45.1 Å². The number of carbonyl (C=O) groups excluding carboxylic acids is 1. The van der Waals surface area contributed by atoms with Crippen molar-refractivity contribution in [1.82, 2.24) is 0 Å². The van der Waals surface area contributed by atoms with E-state index in [4.69, 9.17) is 16.3 Å². The SMILES string of the molecule is CSc1c(Br)cc(Cl)c2c1C(=O)CCO2. The lowest BCUT2D eigenvalue weighted by Gasteiger charge is -2.20. The van der Waals surface area contributed by atoms with E-state index in [2.05, 4.69) is 15.9 Å². The van der Waals surface area contributed by atoms with Gasteiger partial charge in [-0.25, -0.2) is 0 Å². The fourth-order valence-corrected chi connectivity index (χ4v) is 3.52. The van der Waals surface area contributed by atoms with Gasteiger partial charge < -0.3 is 4.74 Å². The first-order valence-electron chi connectivity index (χ1n) is 4.37. The summed E-state index contributed by atoms with van der Waals surface area (Å²) in [7, 11) is 0. The van der Waals surface area contributed by atoms with Gasteiger partial charge in [-0.1, -0.05) is 11.6 Å². The molecule has 0 aliphatic carbocycles. The van der Waals surface area contributed by atoms with Gasteiger partial charge in [-0.3, -0.25) is 4.79 Å². The van der Waals surface area contributed by atoms with E-state index in [1.165, 1.54) is 11.8 Å². The van der Waals surface area contributed by atoms with Crippen molar-refractivity contribution in [2.45, 2.75) is 11.3 Å². The maximum Gasteiger partial charge on any atom is 0.171 e. The van der Waals surface area contributed by atoms with E-state index >= 15 is 0 Å². The molecular formula is C10H8BrClO2S. The van der Waals surface area contributed by atoms with Crippen molar-refractivity contribution in [3.05, 3.63) is 21.1 Å². The molecule has 0 N–H and O–H groups in total. The zero-order valence-corrected chi connectivity index (χ0v) is 11.1. The number of Topliss-reactive ketones (excluding diaryl/α,β-unsaturated/α-hetero) is 1. The van der Waals surface area contributed by atoms with Crippen LogP contribution in [0, 0.1) is 0 Å². The predicted octanol–water partition coefficient (Wildman–Crippen LogP) is 3.79. The van der Waals surface area contributed by atoms with Gasteiger partial charge >= 0.3 is 0 Å². The van der Waals surface area contributed by atoms with Crippen LogP contribution in [0.4, 0.5) is 0 Å². The molecule has 2 nitrogen and oxygen atoms in total. The molecule has 15 heavy (non-hydrogen) atoms. The van der Waals surface area contributed by atoms with Gasteiger partial charge in [0.15, 0.2) is 5.78 Å². The quantitative estimate of drug-likeness (QED) is 0.738. The van der Waals surface area contributed by atoms with Crippen LogP contribution >= 0.6 is 39.3 Å². The molecule has 0 radical (unpaired) electrons. The Morgan fingerprint density at radius 2 is 2.33 bits per heavy atom. The average molecular weight is 308 g/mol. The van der Waals surface area contributed by atoms with Crippen molar-refractivity contribution in [3.63, 3.8) is 0 Å². The fraction of sp³-hybridized carbons (Fsp3) is 0.300. The Bertz CT molecular complexity index is 414. The number of hydrogen-bond donors (Lipinski definition) is 0. The van der Waals surface area contributed by atoms with E-state index in [0.29, 0.717) is 29.4 Å². The molecule has 0 spiro atoms. The molecule has 2 rings (SSSR count). The molecule has 1 aliphatic heterocycles. The first-order valence-corrected chi connectivity index (χ1v) is 6.76. The summed E-state index contributed by atoms with van der Waals surface area (Å²) in [6.45, 7) is 0.418. The lowest BCUT2D eigenvalue weighted by molar-refractivity contribution is 0.0929. The van der Waals surface area contributed by atoms with Crippen LogP contribution in [-0.4, -0.2) is 18.6 Å². The number of thioether (sulfide) groups is 1. The van der Waals surface area contributed by atoms with Gasteiger partial charge in [0.2, 0.25) is 0 Å². The van der Waals surface area contributed by atoms with E-state index in [1.807, 2.05) is 6.26 Å². The highest BCUT2D eigenvalue weighted by molar-refractivity contribution is 9.10. The smallest absolute Gasteiger partial charge is 0.171 e. The second kappa shape index (κ2) is 4.36. The second-order valence-corrected chi connectivity index (χ2v) is 5.18. The van der Waals surface area contributed by atoms with Crippen LogP contribution in [0.25, 0.3) is 0 Å². The third-order valence-electron chi connectivity index (χ3n) is 2.20. The third kappa shape index (κ3) is 1.90. The summed E-state index contributed by atoms with van der Waals surface area (Å²) in [5.74, 6) is 0.629. The summed E-state index contributed by atoms with van der Waals surface area (Å²) < 4.78 is 6.28. The first-order chi connectivity index (χ1) is 7.15. The number of hydrogen-bond acceptors (Lipinski definition) is 3. The van der Waals surface area contributed by atoms with Crippen LogP contribution in [0.15, 0.2) is 15.4 Å². The maximum absolute atomic E-state index is 11.8. The summed E-state index contributed by atoms with van der Waals surface area (Å²) in [5.41, 5.74) is 0.619. The lowest BCUT2D eigenvalue weighted by Crippen LogP contribution is -2.16. The molecule has 5 heteroatoms. The summed E-state index contributed by atoms with van der Waals surface area (Å²) in [4.78, 5) is 12.7. The van der Waals surface area contributed by atoms with Gasteiger partial charge in [-0.15, -0.1) is 11.8 Å². The Balaban J connectivity index is 2.72. The molecule has 1 aromatic carbocycles. The Labute approximate surface area is 105 Å². The zero-order chi connectivity index (χ0) is 11.0. The summed E-state index contributed by atoms with van der Waals surface area (Å²) in [6, 6.07) is 1.77. The van der Waals surface area contributed by atoms with E-state index in [-0.39, 0.29) is 5.78 Å². The molecule has 1 aliphatic rings. The van der Waals surface area contributed by atoms with Crippen LogP contribution in [0.5, 0.6) is 5.75 Å². The molecule has 1 heterocycles. The summed E-state index contributed by atoms with van der Waals surface area (Å²) >= 11 is 10.9. The van der Waals surface area contributed by atoms with Crippen molar-refractivity contribution in [1.29, 1.82) is 0 Å². The minimum Gasteiger partial charge on any atom is -0.491 e. The van der Waals surface area contributed by atoms with E-state index in [1.54, 1.807) is 6.07 Å². The van der Waals surface area contributed by atoms with Gasteiger partial charge in [0.1, 0.15) is 5.75 Å². The van der Waals surface area contributed by atoms with E-state index in [0.717, 1.165) is 9.37 Å². The van der Waals surface area contributed by atoms with Crippen LogP contribution in [0.3, 0.4) is 0 Å². The second-order valence-electron chi connectivity index (χ2n) is 3.10. The molecule has 0 amide bonds. The van der Waals surface area contributed by atoms with Crippen LogP contribution in [0.1, 0.15) is 16.8 Å². The predicted molar refractivity (Wildman–Crippen MR) is 65.4 cm³/mol. The van der Waals surface area contributed by atoms with E-state index in [9.17, 15) is 4.79 Å². The molecule has 0 unspecified atom stereocenters. The number of halogens is 2. The van der Waals surface area contributed by atoms with Crippen molar-refractivity contribution in [3.8, 4) is 5.75 Å². The molecule has 1 aromatic rings. The standard InChI is InChI=1S/C10H8BrClO2S/c1-15-10-5(11)4-6(12)9-8(10)7(13)2-3-14-9/h4H,2-3H2,1H3. The molecular weight excluding hydrogens is 300 g/mol. The van der Waals surface area contributed by atoms with E-state index < -0.39 is 0 Å². The minimum absolute atomic E-state index is 0.101. The Hall–Kier alpha value is -0.190. The molecule has 0 fully saturated rings. The van der Waals surface area contributed by atoms with Gasteiger partial charge in [-0.2, -0.15) is 0 Å². The molecule has 0 aromatic heterocycles. The monoisotopic (exact) mass is 306 g/mol. The number of carbonyl (C=O) groups is 1. The number of fused-ring (bicyclic) bond motifs is 1. The van der Waals surface area contributed by atoms with Crippen molar-refractivity contribution in [2.24, 2.45) is 0 Å². The van der Waals surface area contributed by atoms with Gasteiger partial charge in [-0.05, 0) is 28.3 Å². The lowest BCUT2D eigenvalue weighted by atomic mass is 10.1. The number of ketones is 1. The van der Waals surface area contributed by atoms with Crippen LogP contribution in [0.2, 0.25) is 5.02 Å².